The predicted molar refractivity (Wildman–Crippen MR) is 57.7 cm³/mol. The minimum atomic E-state index is -4.16. The molecule has 0 N–H and O–H groups in total. The fourth-order valence-corrected chi connectivity index (χ4v) is 2.08. The molecule has 0 bridgehead atoms. The number of rotatable bonds is 1. The summed E-state index contributed by atoms with van der Waals surface area (Å²) in [6, 6.07) is 0. The van der Waals surface area contributed by atoms with E-state index >= 15 is 0 Å². The highest BCUT2D eigenvalue weighted by atomic mass is 19.4. The van der Waals surface area contributed by atoms with E-state index < -0.39 is 17.9 Å². The maximum Gasteiger partial charge on any atom is 0.391 e. The van der Waals surface area contributed by atoms with Gasteiger partial charge in [-0.15, -0.1) is 0 Å². The number of aromatic nitrogens is 2. The Morgan fingerprint density at radius 3 is 2.39 bits per heavy atom. The zero-order valence-corrected chi connectivity index (χ0v) is 9.84. The lowest BCUT2D eigenvalue weighted by Crippen LogP contribution is -2.39. The number of halogens is 4. The molecular formula is C11H13F4N3. The largest absolute Gasteiger partial charge is 0.391 e. The maximum absolute atomic E-state index is 13.7. The number of nitrogens with zero attached hydrogens (tertiary/aromatic N) is 3. The Morgan fingerprint density at radius 2 is 1.83 bits per heavy atom. The molecule has 0 amide bonds. The molecule has 1 aliphatic heterocycles. The van der Waals surface area contributed by atoms with Gasteiger partial charge in [0.05, 0.1) is 11.6 Å². The lowest BCUT2D eigenvalue weighted by Gasteiger charge is -2.33. The van der Waals surface area contributed by atoms with Crippen LogP contribution < -0.4 is 4.90 Å². The summed E-state index contributed by atoms with van der Waals surface area (Å²) in [5, 5.41) is 0. The summed E-state index contributed by atoms with van der Waals surface area (Å²) in [5.41, 5.74) is 0.206. The van der Waals surface area contributed by atoms with Gasteiger partial charge in [0.15, 0.2) is 11.6 Å². The molecule has 2 heterocycles. The van der Waals surface area contributed by atoms with E-state index in [2.05, 4.69) is 9.97 Å². The Morgan fingerprint density at radius 1 is 1.22 bits per heavy atom. The van der Waals surface area contributed by atoms with Crippen LogP contribution in [0.1, 0.15) is 18.5 Å². The van der Waals surface area contributed by atoms with Crippen LogP contribution in [0.2, 0.25) is 0 Å². The van der Waals surface area contributed by atoms with E-state index in [0.29, 0.717) is 0 Å². The van der Waals surface area contributed by atoms with Crippen molar-refractivity contribution in [2.24, 2.45) is 5.92 Å². The van der Waals surface area contributed by atoms with Gasteiger partial charge in [-0.2, -0.15) is 13.2 Å². The molecule has 0 spiro atoms. The van der Waals surface area contributed by atoms with E-state index in [1.165, 1.54) is 13.3 Å². The van der Waals surface area contributed by atoms with Crippen molar-refractivity contribution in [2.75, 3.05) is 18.0 Å². The van der Waals surface area contributed by atoms with Gasteiger partial charge in [0.25, 0.3) is 0 Å². The molecular weight excluding hydrogens is 250 g/mol. The van der Waals surface area contributed by atoms with Gasteiger partial charge < -0.3 is 4.90 Å². The number of hydrogen-bond donors (Lipinski definition) is 0. The topological polar surface area (TPSA) is 29.0 Å². The van der Waals surface area contributed by atoms with Crippen LogP contribution in [0.5, 0.6) is 0 Å². The molecule has 0 saturated carbocycles. The minimum Gasteiger partial charge on any atom is -0.354 e. The van der Waals surface area contributed by atoms with Gasteiger partial charge in [-0.3, -0.25) is 0 Å². The number of piperidine rings is 1. The summed E-state index contributed by atoms with van der Waals surface area (Å²) in [6.07, 6.45) is -2.98. The summed E-state index contributed by atoms with van der Waals surface area (Å²) in [7, 11) is 0. The van der Waals surface area contributed by atoms with Crippen LogP contribution in [0.3, 0.4) is 0 Å². The highest BCUT2D eigenvalue weighted by Crippen LogP contribution is 2.35. The zero-order chi connectivity index (χ0) is 13.3. The molecule has 0 aromatic carbocycles. The third-order valence-corrected chi connectivity index (χ3v) is 3.20. The average Bonchev–Trinajstić information content (AvgIpc) is 2.32. The van der Waals surface area contributed by atoms with E-state index in [9.17, 15) is 17.6 Å². The van der Waals surface area contributed by atoms with Crippen LogP contribution in [-0.4, -0.2) is 29.2 Å². The summed E-state index contributed by atoms with van der Waals surface area (Å²) in [4.78, 5) is 9.05. The minimum absolute atomic E-state index is 0.0218. The van der Waals surface area contributed by atoms with Crippen LogP contribution in [0.15, 0.2) is 6.33 Å². The van der Waals surface area contributed by atoms with Gasteiger partial charge in [0.2, 0.25) is 0 Å². The van der Waals surface area contributed by atoms with Gasteiger partial charge >= 0.3 is 6.18 Å². The average molecular weight is 263 g/mol. The molecule has 18 heavy (non-hydrogen) atoms. The summed E-state index contributed by atoms with van der Waals surface area (Å²) in [6.45, 7) is 1.83. The van der Waals surface area contributed by atoms with Gasteiger partial charge in [-0.05, 0) is 19.8 Å². The third kappa shape index (κ3) is 2.54. The molecule has 0 radical (unpaired) electrons. The third-order valence-electron chi connectivity index (χ3n) is 3.20. The number of aryl methyl sites for hydroxylation is 1. The zero-order valence-electron chi connectivity index (χ0n) is 9.84. The van der Waals surface area contributed by atoms with Crippen molar-refractivity contribution in [3.05, 3.63) is 17.8 Å². The first-order chi connectivity index (χ1) is 8.39. The first-order valence-corrected chi connectivity index (χ1v) is 5.68. The fraction of sp³-hybridized carbons (Fsp3) is 0.636. The second-order valence-electron chi connectivity index (χ2n) is 4.40. The van der Waals surface area contributed by atoms with Crippen LogP contribution in [0.4, 0.5) is 23.4 Å². The van der Waals surface area contributed by atoms with E-state index in [4.69, 9.17) is 0 Å². The lowest BCUT2D eigenvalue weighted by atomic mass is 9.96. The van der Waals surface area contributed by atoms with Crippen LogP contribution in [0, 0.1) is 18.7 Å². The fourth-order valence-electron chi connectivity index (χ4n) is 2.08. The van der Waals surface area contributed by atoms with Crippen molar-refractivity contribution < 1.29 is 17.6 Å². The quantitative estimate of drug-likeness (QED) is 0.729. The lowest BCUT2D eigenvalue weighted by molar-refractivity contribution is -0.179. The second-order valence-corrected chi connectivity index (χ2v) is 4.40. The molecule has 3 nitrogen and oxygen atoms in total. The molecule has 100 valence electrons. The Labute approximate surface area is 102 Å². The van der Waals surface area contributed by atoms with E-state index in [0.717, 1.165) is 0 Å². The molecule has 1 saturated heterocycles. The molecule has 0 unspecified atom stereocenters. The molecule has 1 aromatic rings. The number of anilines is 1. The van der Waals surface area contributed by atoms with E-state index in [1.54, 1.807) is 4.90 Å². The van der Waals surface area contributed by atoms with Crippen molar-refractivity contribution >= 4 is 5.82 Å². The highest BCUT2D eigenvalue weighted by molar-refractivity contribution is 5.41. The molecule has 0 aliphatic carbocycles. The Balaban J connectivity index is 2.08. The van der Waals surface area contributed by atoms with Crippen LogP contribution >= 0.6 is 0 Å². The Bertz CT molecular complexity index is 425. The number of hydrogen-bond acceptors (Lipinski definition) is 3. The van der Waals surface area contributed by atoms with Crippen molar-refractivity contribution in [1.29, 1.82) is 0 Å². The van der Waals surface area contributed by atoms with E-state index in [-0.39, 0.29) is 37.4 Å². The van der Waals surface area contributed by atoms with Gasteiger partial charge in [-0.25, -0.2) is 14.4 Å². The summed E-state index contributed by atoms with van der Waals surface area (Å²) >= 11 is 0. The molecule has 2 rings (SSSR count). The highest BCUT2D eigenvalue weighted by Gasteiger charge is 2.41. The van der Waals surface area contributed by atoms with Gasteiger partial charge in [0.1, 0.15) is 6.33 Å². The SMILES string of the molecule is Cc1ncnc(N2CCC(C(F)(F)F)CC2)c1F. The molecule has 1 fully saturated rings. The summed E-state index contributed by atoms with van der Waals surface area (Å²) < 4.78 is 51.2. The summed E-state index contributed by atoms with van der Waals surface area (Å²) in [5.74, 6) is -1.74. The second kappa shape index (κ2) is 4.70. The predicted octanol–water partition coefficient (Wildman–Crippen LogP) is 2.70. The monoisotopic (exact) mass is 263 g/mol. The van der Waals surface area contributed by atoms with Gasteiger partial charge in [0, 0.05) is 13.1 Å². The van der Waals surface area contributed by atoms with Crippen molar-refractivity contribution in [1.82, 2.24) is 9.97 Å². The van der Waals surface area contributed by atoms with Crippen molar-refractivity contribution in [2.45, 2.75) is 25.9 Å². The van der Waals surface area contributed by atoms with E-state index in [1.807, 2.05) is 0 Å². The molecule has 1 aromatic heterocycles. The maximum atomic E-state index is 13.7. The van der Waals surface area contributed by atoms with Crippen molar-refractivity contribution in [3.63, 3.8) is 0 Å². The first-order valence-electron chi connectivity index (χ1n) is 5.68. The Kier molecular flexibility index (Phi) is 3.41. The smallest absolute Gasteiger partial charge is 0.354 e. The Hall–Kier alpha value is -1.40. The molecule has 7 heteroatoms. The first kappa shape index (κ1) is 13.0. The standard InChI is InChI=1S/C11H13F4N3/c1-7-9(12)10(17-6-16-7)18-4-2-8(3-5-18)11(13,14)15/h6,8H,2-5H2,1H3. The normalized spacial score (nSPS) is 18.2. The molecule has 1 aliphatic rings. The van der Waals surface area contributed by atoms with Crippen LogP contribution in [-0.2, 0) is 0 Å². The van der Waals surface area contributed by atoms with Gasteiger partial charge in [-0.1, -0.05) is 0 Å². The molecule has 0 atom stereocenters. The van der Waals surface area contributed by atoms with Crippen molar-refractivity contribution in [3.8, 4) is 0 Å². The van der Waals surface area contributed by atoms with Crippen LogP contribution in [0.25, 0.3) is 0 Å². The number of alkyl halides is 3.